The van der Waals surface area contributed by atoms with Gasteiger partial charge in [0.2, 0.25) is 0 Å². The minimum absolute atomic E-state index is 0.180. The van der Waals surface area contributed by atoms with Crippen molar-refractivity contribution in [2.75, 3.05) is 12.4 Å². The Bertz CT molecular complexity index is 464. The second-order valence-electron chi connectivity index (χ2n) is 2.81. The van der Waals surface area contributed by atoms with Crippen molar-refractivity contribution in [2.24, 2.45) is 0 Å². The minimum atomic E-state index is -0.562. The Morgan fingerprint density at radius 1 is 1.62 bits per heavy atom. The number of halogens is 1. The van der Waals surface area contributed by atoms with E-state index < -0.39 is 11.8 Å². The second kappa shape index (κ2) is 5.51. The number of nitrogens with zero attached hydrogens (tertiary/aromatic N) is 1. The van der Waals surface area contributed by atoms with Gasteiger partial charge in [0.1, 0.15) is 5.82 Å². The highest BCUT2D eigenvalue weighted by Crippen LogP contribution is 2.15. The lowest BCUT2D eigenvalue weighted by atomic mass is 10.2. The zero-order chi connectivity index (χ0) is 12.0. The lowest BCUT2D eigenvalue weighted by Crippen LogP contribution is -1.97. The van der Waals surface area contributed by atoms with Gasteiger partial charge in [0.15, 0.2) is 0 Å². The third-order valence-electron chi connectivity index (χ3n) is 1.76. The number of carbonyl (C=O) groups excluding carboxylic acids is 1. The van der Waals surface area contributed by atoms with Crippen LogP contribution in [0.2, 0.25) is 0 Å². The molecule has 0 aliphatic heterocycles. The van der Waals surface area contributed by atoms with Crippen LogP contribution in [-0.2, 0) is 9.53 Å². The van der Waals surface area contributed by atoms with E-state index in [9.17, 15) is 9.18 Å². The van der Waals surface area contributed by atoms with Crippen molar-refractivity contribution in [3.63, 3.8) is 0 Å². The van der Waals surface area contributed by atoms with Gasteiger partial charge in [0.05, 0.1) is 24.4 Å². The predicted molar refractivity (Wildman–Crippen MR) is 55.9 cm³/mol. The van der Waals surface area contributed by atoms with Crippen molar-refractivity contribution < 1.29 is 13.9 Å². The zero-order valence-corrected chi connectivity index (χ0v) is 8.53. The van der Waals surface area contributed by atoms with E-state index in [1.807, 2.05) is 6.07 Å². The van der Waals surface area contributed by atoms with Gasteiger partial charge in [-0.05, 0) is 18.2 Å². The molecule has 0 spiro atoms. The van der Waals surface area contributed by atoms with E-state index in [4.69, 9.17) is 5.26 Å². The fourth-order valence-corrected chi connectivity index (χ4v) is 0.969. The Morgan fingerprint density at radius 2 is 2.38 bits per heavy atom. The van der Waals surface area contributed by atoms with Gasteiger partial charge in [-0.1, -0.05) is 0 Å². The van der Waals surface area contributed by atoms with Gasteiger partial charge in [-0.25, -0.2) is 9.18 Å². The number of nitriles is 1. The Balaban J connectivity index is 2.72. The molecule has 0 fully saturated rings. The monoisotopic (exact) mass is 220 g/mol. The molecule has 1 aromatic rings. The van der Waals surface area contributed by atoms with Crippen molar-refractivity contribution in [3.05, 3.63) is 41.9 Å². The van der Waals surface area contributed by atoms with Crippen LogP contribution in [0.5, 0.6) is 0 Å². The van der Waals surface area contributed by atoms with Crippen molar-refractivity contribution in [3.8, 4) is 6.07 Å². The number of benzene rings is 1. The summed E-state index contributed by atoms with van der Waals surface area (Å²) in [6.07, 6.45) is 2.38. The smallest absolute Gasteiger partial charge is 0.331 e. The number of carbonyl (C=O) groups is 1. The molecular weight excluding hydrogens is 211 g/mol. The van der Waals surface area contributed by atoms with E-state index in [0.717, 1.165) is 12.1 Å². The van der Waals surface area contributed by atoms with Gasteiger partial charge in [-0.2, -0.15) is 5.26 Å². The van der Waals surface area contributed by atoms with Gasteiger partial charge in [0, 0.05) is 12.3 Å². The SMILES string of the molecule is COC(=O)/C=C/Nc1ccc(C#N)cc1F. The van der Waals surface area contributed by atoms with Crippen molar-refractivity contribution >= 4 is 11.7 Å². The third-order valence-corrected chi connectivity index (χ3v) is 1.76. The number of hydrogen-bond donors (Lipinski definition) is 1. The summed E-state index contributed by atoms with van der Waals surface area (Å²) in [6.45, 7) is 0. The molecule has 0 aliphatic rings. The number of hydrogen-bond acceptors (Lipinski definition) is 4. The predicted octanol–water partition coefficient (Wildman–Crippen LogP) is 1.80. The molecule has 0 aromatic heterocycles. The summed E-state index contributed by atoms with van der Waals surface area (Å²) in [4.78, 5) is 10.7. The Morgan fingerprint density at radius 3 is 2.94 bits per heavy atom. The normalized spacial score (nSPS) is 9.81. The Kier molecular flexibility index (Phi) is 4.04. The maximum atomic E-state index is 13.3. The van der Waals surface area contributed by atoms with Crippen LogP contribution in [0.3, 0.4) is 0 Å². The van der Waals surface area contributed by atoms with Gasteiger partial charge in [-0.3, -0.25) is 0 Å². The highest BCUT2D eigenvalue weighted by molar-refractivity contribution is 5.82. The van der Waals surface area contributed by atoms with Crippen LogP contribution >= 0.6 is 0 Å². The average Bonchev–Trinajstić information content (AvgIpc) is 2.30. The maximum absolute atomic E-state index is 13.3. The molecule has 0 amide bonds. The first kappa shape index (κ1) is 11.7. The highest BCUT2D eigenvalue weighted by atomic mass is 19.1. The van der Waals surface area contributed by atoms with Crippen molar-refractivity contribution in [2.45, 2.75) is 0 Å². The summed E-state index contributed by atoms with van der Waals surface area (Å²) in [5, 5.41) is 11.1. The maximum Gasteiger partial charge on any atom is 0.331 e. The fourth-order valence-electron chi connectivity index (χ4n) is 0.969. The Hall–Kier alpha value is -2.35. The van der Waals surface area contributed by atoms with Crippen LogP contribution < -0.4 is 5.32 Å². The summed E-state index contributed by atoms with van der Waals surface area (Å²) in [7, 11) is 1.25. The van der Waals surface area contributed by atoms with Gasteiger partial charge in [0.25, 0.3) is 0 Å². The summed E-state index contributed by atoms with van der Waals surface area (Å²) in [6, 6.07) is 5.81. The number of esters is 1. The van der Waals surface area contributed by atoms with Crippen LogP contribution in [0, 0.1) is 17.1 Å². The molecule has 0 radical (unpaired) electrons. The zero-order valence-electron chi connectivity index (χ0n) is 8.53. The summed E-state index contributed by atoms with van der Waals surface area (Å²) in [5.74, 6) is -1.10. The lowest BCUT2D eigenvalue weighted by molar-refractivity contribution is -0.134. The molecule has 0 saturated heterocycles. The molecule has 4 nitrogen and oxygen atoms in total. The third kappa shape index (κ3) is 3.10. The molecule has 1 aromatic carbocycles. The largest absolute Gasteiger partial charge is 0.466 e. The average molecular weight is 220 g/mol. The van der Waals surface area contributed by atoms with E-state index in [2.05, 4.69) is 10.1 Å². The molecule has 82 valence electrons. The van der Waals surface area contributed by atoms with Crippen LogP contribution in [0.15, 0.2) is 30.5 Å². The first-order chi connectivity index (χ1) is 7.67. The lowest BCUT2D eigenvalue weighted by Gasteiger charge is -2.02. The molecule has 0 atom stereocenters. The van der Waals surface area contributed by atoms with Crippen LogP contribution in [0.1, 0.15) is 5.56 Å². The van der Waals surface area contributed by atoms with Gasteiger partial charge in [-0.15, -0.1) is 0 Å². The minimum Gasteiger partial charge on any atom is -0.466 e. The molecule has 0 unspecified atom stereocenters. The summed E-state index contributed by atoms with van der Waals surface area (Å²) >= 11 is 0. The molecule has 0 heterocycles. The van der Waals surface area contributed by atoms with E-state index >= 15 is 0 Å². The first-order valence-corrected chi connectivity index (χ1v) is 4.38. The van der Waals surface area contributed by atoms with Crippen molar-refractivity contribution in [1.29, 1.82) is 5.26 Å². The van der Waals surface area contributed by atoms with Crippen LogP contribution in [-0.4, -0.2) is 13.1 Å². The number of methoxy groups -OCH3 is 1. The first-order valence-electron chi connectivity index (χ1n) is 4.38. The van der Waals surface area contributed by atoms with E-state index in [0.29, 0.717) is 0 Å². The number of ether oxygens (including phenoxy) is 1. The molecule has 0 bridgehead atoms. The van der Waals surface area contributed by atoms with Gasteiger partial charge >= 0.3 is 5.97 Å². The second-order valence-corrected chi connectivity index (χ2v) is 2.81. The number of rotatable bonds is 3. The standard InChI is InChI=1S/C11H9FN2O2/c1-16-11(15)4-5-14-10-3-2-8(7-13)6-9(10)12/h2-6,14H,1H3/b5-4+. The molecule has 1 rings (SSSR count). The Labute approximate surface area is 91.9 Å². The fraction of sp³-hybridized carbons (Fsp3) is 0.0909. The molecule has 1 N–H and O–H groups in total. The number of anilines is 1. The van der Waals surface area contributed by atoms with Crippen LogP contribution in [0.4, 0.5) is 10.1 Å². The topological polar surface area (TPSA) is 62.1 Å². The van der Waals surface area contributed by atoms with Gasteiger partial charge < -0.3 is 10.1 Å². The van der Waals surface area contributed by atoms with Crippen molar-refractivity contribution in [1.82, 2.24) is 0 Å². The summed E-state index contributed by atoms with van der Waals surface area (Å²) in [5.41, 5.74) is 0.416. The van der Waals surface area contributed by atoms with Crippen LogP contribution in [0.25, 0.3) is 0 Å². The molecular formula is C11H9FN2O2. The molecule has 5 heteroatoms. The quantitative estimate of drug-likeness (QED) is 0.623. The molecule has 16 heavy (non-hydrogen) atoms. The van der Waals surface area contributed by atoms with E-state index in [1.165, 1.54) is 25.4 Å². The highest BCUT2D eigenvalue weighted by Gasteiger charge is 2.01. The number of nitrogens with one attached hydrogen (secondary N) is 1. The molecule has 0 aliphatic carbocycles. The van der Waals surface area contributed by atoms with E-state index in [1.54, 1.807) is 0 Å². The molecule has 0 saturated carbocycles. The summed E-state index contributed by atoms with van der Waals surface area (Å²) < 4.78 is 17.6. The van der Waals surface area contributed by atoms with E-state index in [-0.39, 0.29) is 11.3 Å².